The molecule has 0 fully saturated rings. The summed E-state index contributed by atoms with van der Waals surface area (Å²) in [4.78, 5) is 0. The van der Waals surface area contributed by atoms with E-state index in [1.165, 1.54) is 16.3 Å². The van der Waals surface area contributed by atoms with Gasteiger partial charge >= 0.3 is 0 Å². The fourth-order valence-corrected chi connectivity index (χ4v) is 2.03. The average Bonchev–Trinajstić information content (AvgIpc) is 2.40. The van der Waals surface area contributed by atoms with E-state index in [9.17, 15) is 0 Å². The molecule has 0 atom stereocenters. The van der Waals surface area contributed by atoms with Crippen LogP contribution in [0.4, 0.5) is 5.69 Å². The molecule has 2 heteroatoms. The third kappa shape index (κ3) is 3.08. The van der Waals surface area contributed by atoms with Crippen molar-refractivity contribution in [3.8, 4) is 0 Å². The van der Waals surface area contributed by atoms with Crippen molar-refractivity contribution in [3.63, 3.8) is 0 Å². The zero-order valence-electron chi connectivity index (χ0n) is 12.6. The molecule has 0 aliphatic rings. The van der Waals surface area contributed by atoms with E-state index in [1.807, 2.05) is 45.2 Å². The Morgan fingerprint density at radius 3 is 2.50 bits per heavy atom. The van der Waals surface area contributed by atoms with Gasteiger partial charge in [0.1, 0.15) is 0 Å². The highest BCUT2D eigenvalue weighted by atomic mass is 14.8. The maximum atomic E-state index is 8.00. The molecule has 0 unspecified atom stereocenters. The quantitative estimate of drug-likeness (QED) is 0.741. The van der Waals surface area contributed by atoms with E-state index in [-0.39, 0.29) is 5.41 Å². The Morgan fingerprint density at radius 2 is 1.80 bits per heavy atom. The number of fused-ring (bicyclic) bond motifs is 1. The number of allylic oxidation sites excluding steroid dienone is 1. The molecule has 0 aliphatic carbocycles. The first-order valence-electron chi connectivity index (χ1n) is 6.90. The standard InChI is InChI=1S/C18H22N2/c1-13-9-10-14-7-5-6-8-15(14)17(13)20-12-11-16(19)18(2,3)4/h5-12,19-20H,1-4H3/b12-11-,19-16?. The van der Waals surface area contributed by atoms with Crippen LogP contribution in [0.25, 0.3) is 10.8 Å². The largest absolute Gasteiger partial charge is 0.361 e. The number of nitrogens with one attached hydrogen (secondary N) is 2. The zero-order valence-corrected chi connectivity index (χ0v) is 12.6. The van der Waals surface area contributed by atoms with Crippen LogP contribution in [0.15, 0.2) is 48.7 Å². The molecule has 20 heavy (non-hydrogen) atoms. The Hall–Kier alpha value is -2.09. The highest BCUT2D eigenvalue weighted by Crippen LogP contribution is 2.27. The summed E-state index contributed by atoms with van der Waals surface area (Å²) in [6, 6.07) is 12.6. The summed E-state index contributed by atoms with van der Waals surface area (Å²) in [5, 5.41) is 13.8. The van der Waals surface area contributed by atoms with Crippen molar-refractivity contribution in [1.29, 1.82) is 5.41 Å². The van der Waals surface area contributed by atoms with Gasteiger partial charge < -0.3 is 10.7 Å². The van der Waals surface area contributed by atoms with Crippen molar-refractivity contribution in [1.82, 2.24) is 0 Å². The van der Waals surface area contributed by atoms with Gasteiger partial charge in [0.2, 0.25) is 0 Å². The molecule has 0 aliphatic heterocycles. The van der Waals surface area contributed by atoms with Gasteiger partial charge in [0.15, 0.2) is 0 Å². The Morgan fingerprint density at radius 1 is 1.10 bits per heavy atom. The number of hydrogen-bond donors (Lipinski definition) is 2. The zero-order chi connectivity index (χ0) is 14.8. The highest BCUT2D eigenvalue weighted by Gasteiger charge is 2.13. The molecule has 0 radical (unpaired) electrons. The first-order chi connectivity index (χ1) is 9.39. The smallest absolute Gasteiger partial charge is 0.0489 e. The lowest BCUT2D eigenvalue weighted by molar-refractivity contribution is 0.590. The Balaban J connectivity index is 2.28. The average molecular weight is 266 g/mol. The van der Waals surface area contributed by atoms with Crippen molar-refractivity contribution in [2.45, 2.75) is 27.7 Å². The second-order valence-corrected chi connectivity index (χ2v) is 6.12. The van der Waals surface area contributed by atoms with E-state index >= 15 is 0 Å². The Labute approximate surface area is 121 Å². The minimum Gasteiger partial charge on any atom is -0.361 e. The molecular weight excluding hydrogens is 244 g/mol. The second kappa shape index (κ2) is 5.49. The molecule has 0 bridgehead atoms. The van der Waals surface area contributed by atoms with Gasteiger partial charge in [-0.05, 0) is 23.9 Å². The van der Waals surface area contributed by atoms with Gasteiger partial charge in [0.25, 0.3) is 0 Å². The Kier molecular flexibility index (Phi) is 3.93. The number of anilines is 1. The fraction of sp³-hybridized carbons (Fsp3) is 0.278. The number of benzene rings is 2. The molecule has 2 nitrogen and oxygen atoms in total. The summed E-state index contributed by atoms with van der Waals surface area (Å²) < 4.78 is 0. The first-order valence-corrected chi connectivity index (χ1v) is 6.90. The van der Waals surface area contributed by atoms with Crippen LogP contribution in [-0.4, -0.2) is 5.71 Å². The number of rotatable bonds is 3. The van der Waals surface area contributed by atoms with Crippen molar-refractivity contribution in [2.24, 2.45) is 5.41 Å². The monoisotopic (exact) mass is 266 g/mol. The fourth-order valence-electron chi connectivity index (χ4n) is 2.03. The van der Waals surface area contributed by atoms with Gasteiger partial charge in [-0.2, -0.15) is 0 Å². The minimum atomic E-state index is -0.119. The predicted molar refractivity (Wildman–Crippen MR) is 88.6 cm³/mol. The number of hydrogen-bond acceptors (Lipinski definition) is 2. The normalized spacial score (nSPS) is 12.0. The molecular formula is C18H22N2. The molecule has 0 amide bonds. The van der Waals surface area contributed by atoms with Crippen LogP contribution in [0, 0.1) is 17.7 Å². The van der Waals surface area contributed by atoms with Crippen molar-refractivity contribution < 1.29 is 0 Å². The van der Waals surface area contributed by atoms with Gasteiger partial charge in [-0.1, -0.05) is 57.2 Å². The third-order valence-corrected chi connectivity index (χ3v) is 3.42. The van der Waals surface area contributed by atoms with Gasteiger partial charge in [0.05, 0.1) is 0 Å². The van der Waals surface area contributed by atoms with Crippen molar-refractivity contribution in [2.75, 3.05) is 5.32 Å². The van der Waals surface area contributed by atoms with Gasteiger partial charge in [-0.3, -0.25) is 0 Å². The molecule has 0 spiro atoms. The minimum absolute atomic E-state index is 0.119. The molecule has 2 aromatic rings. The first kappa shape index (κ1) is 14.3. The summed E-state index contributed by atoms with van der Waals surface area (Å²) in [5.41, 5.74) is 2.81. The lowest BCUT2D eigenvalue weighted by Gasteiger charge is -2.16. The van der Waals surface area contributed by atoms with Crippen LogP contribution in [0.3, 0.4) is 0 Å². The van der Waals surface area contributed by atoms with E-state index < -0.39 is 0 Å². The van der Waals surface area contributed by atoms with E-state index in [4.69, 9.17) is 5.41 Å². The molecule has 104 valence electrons. The van der Waals surface area contributed by atoms with E-state index in [1.54, 1.807) is 0 Å². The van der Waals surface area contributed by atoms with Crippen LogP contribution in [0.1, 0.15) is 26.3 Å². The third-order valence-electron chi connectivity index (χ3n) is 3.42. The molecule has 0 aromatic heterocycles. The summed E-state index contributed by atoms with van der Waals surface area (Å²) in [6.45, 7) is 8.23. The molecule has 2 aromatic carbocycles. The Bertz CT molecular complexity index is 661. The van der Waals surface area contributed by atoms with Crippen LogP contribution in [0.2, 0.25) is 0 Å². The van der Waals surface area contributed by atoms with E-state index in [2.05, 4.69) is 36.5 Å². The van der Waals surface area contributed by atoms with Crippen LogP contribution >= 0.6 is 0 Å². The summed E-state index contributed by atoms with van der Waals surface area (Å²) in [6.07, 6.45) is 3.70. The van der Waals surface area contributed by atoms with E-state index in [0.29, 0.717) is 5.71 Å². The second-order valence-electron chi connectivity index (χ2n) is 6.12. The predicted octanol–water partition coefficient (Wildman–Crippen LogP) is 5.14. The molecule has 0 saturated heterocycles. The van der Waals surface area contributed by atoms with Crippen LogP contribution in [-0.2, 0) is 0 Å². The highest BCUT2D eigenvalue weighted by molar-refractivity contribution is 5.98. The van der Waals surface area contributed by atoms with Gasteiger partial charge in [0, 0.05) is 28.4 Å². The van der Waals surface area contributed by atoms with Crippen molar-refractivity contribution >= 4 is 22.2 Å². The summed E-state index contributed by atoms with van der Waals surface area (Å²) in [7, 11) is 0. The van der Waals surface area contributed by atoms with Crippen molar-refractivity contribution in [3.05, 3.63) is 54.2 Å². The van der Waals surface area contributed by atoms with Crippen LogP contribution < -0.4 is 5.32 Å². The molecule has 0 saturated carbocycles. The topological polar surface area (TPSA) is 35.9 Å². The lowest BCUT2D eigenvalue weighted by atomic mass is 9.90. The molecule has 2 N–H and O–H groups in total. The number of aryl methyl sites for hydroxylation is 1. The van der Waals surface area contributed by atoms with E-state index in [0.717, 1.165) is 5.69 Å². The lowest BCUT2D eigenvalue weighted by Crippen LogP contribution is -2.16. The molecule has 0 heterocycles. The van der Waals surface area contributed by atoms with Gasteiger partial charge in [-0.25, -0.2) is 0 Å². The SMILES string of the molecule is Cc1ccc2ccccc2c1N/C=C\C(=N)C(C)(C)C. The summed E-state index contributed by atoms with van der Waals surface area (Å²) >= 11 is 0. The molecule has 2 rings (SSSR count). The van der Waals surface area contributed by atoms with Crippen LogP contribution in [0.5, 0.6) is 0 Å². The van der Waals surface area contributed by atoms with Gasteiger partial charge in [-0.15, -0.1) is 0 Å². The maximum absolute atomic E-state index is 8.00. The maximum Gasteiger partial charge on any atom is 0.0489 e. The summed E-state index contributed by atoms with van der Waals surface area (Å²) in [5.74, 6) is 0.